The molecular formula is C31H35N3O3. The monoisotopic (exact) mass is 497 g/mol. The molecule has 37 heavy (non-hydrogen) atoms. The molecule has 1 aliphatic rings. The van der Waals surface area contributed by atoms with Gasteiger partial charge in [-0.05, 0) is 61.6 Å². The summed E-state index contributed by atoms with van der Waals surface area (Å²) in [6.07, 6.45) is 0.697. The van der Waals surface area contributed by atoms with E-state index in [1.54, 1.807) is 6.07 Å². The minimum absolute atomic E-state index is 0.0212. The Morgan fingerprint density at radius 3 is 2.05 bits per heavy atom. The van der Waals surface area contributed by atoms with Gasteiger partial charge in [0.25, 0.3) is 5.91 Å². The molecule has 1 aliphatic heterocycles. The maximum atomic E-state index is 12.9. The minimum atomic E-state index is -1.09. The molecule has 2 N–H and O–H groups in total. The first-order chi connectivity index (χ1) is 18.0. The first-order valence-electron chi connectivity index (χ1n) is 13.0. The molecule has 0 unspecified atom stereocenters. The van der Waals surface area contributed by atoms with E-state index in [4.69, 9.17) is 0 Å². The zero-order chi connectivity index (χ0) is 26.2. The summed E-state index contributed by atoms with van der Waals surface area (Å²) in [6, 6.07) is 25.8. The van der Waals surface area contributed by atoms with Crippen LogP contribution in [0.3, 0.4) is 0 Å². The Morgan fingerprint density at radius 2 is 1.43 bits per heavy atom. The molecule has 1 heterocycles. The van der Waals surface area contributed by atoms with Gasteiger partial charge in [0.15, 0.2) is 0 Å². The number of piperidine rings is 1. The van der Waals surface area contributed by atoms with E-state index in [2.05, 4.69) is 34.5 Å². The number of anilines is 1. The van der Waals surface area contributed by atoms with Crippen molar-refractivity contribution in [2.24, 2.45) is 0 Å². The molecule has 6 heteroatoms. The summed E-state index contributed by atoms with van der Waals surface area (Å²) in [7, 11) is 0. The van der Waals surface area contributed by atoms with Crippen LogP contribution in [-0.2, 0) is 6.54 Å². The van der Waals surface area contributed by atoms with Crippen LogP contribution in [0.5, 0.6) is 0 Å². The number of amides is 2. The summed E-state index contributed by atoms with van der Waals surface area (Å²) in [6.45, 7) is 8.08. The van der Waals surface area contributed by atoms with Crippen molar-refractivity contribution in [1.29, 1.82) is 0 Å². The lowest BCUT2D eigenvalue weighted by atomic mass is 9.87. The second-order valence-corrected chi connectivity index (χ2v) is 9.27. The fourth-order valence-corrected chi connectivity index (χ4v) is 5.02. The van der Waals surface area contributed by atoms with Gasteiger partial charge in [0.1, 0.15) is 0 Å². The molecule has 0 saturated carbocycles. The number of carbonyl (C=O) groups excluding carboxylic acids is 1. The third kappa shape index (κ3) is 6.46. The molecule has 3 aromatic rings. The third-order valence-corrected chi connectivity index (χ3v) is 6.97. The highest BCUT2D eigenvalue weighted by Crippen LogP contribution is 2.36. The maximum absolute atomic E-state index is 12.9. The second kappa shape index (κ2) is 12.4. The van der Waals surface area contributed by atoms with Gasteiger partial charge in [-0.15, -0.1) is 0 Å². The molecule has 6 nitrogen and oxygen atoms in total. The van der Waals surface area contributed by atoms with Gasteiger partial charge in [-0.25, -0.2) is 4.79 Å². The Balaban J connectivity index is 1.68. The number of carbonyl (C=O) groups is 2. The van der Waals surface area contributed by atoms with Gasteiger partial charge in [0.2, 0.25) is 0 Å². The SMILES string of the molecule is CCN(CC)C(=O)c1ccc(C(=C2CCN(Cc3ccccc3)CC2)c2ccccc2NC(=O)O)cc1. The van der Waals surface area contributed by atoms with Gasteiger partial charge in [-0.2, -0.15) is 0 Å². The van der Waals surface area contributed by atoms with Gasteiger partial charge in [-0.1, -0.05) is 66.2 Å². The van der Waals surface area contributed by atoms with E-state index >= 15 is 0 Å². The van der Waals surface area contributed by atoms with E-state index in [0.29, 0.717) is 24.3 Å². The lowest BCUT2D eigenvalue weighted by molar-refractivity contribution is 0.0773. The van der Waals surface area contributed by atoms with Crippen molar-refractivity contribution in [3.05, 3.63) is 107 Å². The molecule has 0 aliphatic carbocycles. The minimum Gasteiger partial charge on any atom is -0.465 e. The number of hydrogen-bond donors (Lipinski definition) is 2. The number of benzene rings is 3. The van der Waals surface area contributed by atoms with Crippen molar-refractivity contribution in [1.82, 2.24) is 9.80 Å². The van der Waals surface area contributed by atoms with Crippen LogP contribution < -0.4 is 5.32 Å². The maximum Gasteiger partial charge on any atom is 0.409 e. The summed E-state index contributed by atoms with van der Waals surface area (Å²) in [5.41, 5.74) is 6.72. The molecular weight excluding hydrogens is 462 g/mol. The number of nitrogens with one attached hydrogen (secondary N) is 1. The van der Waals surface area contributed by atoms with E-state index in [-0.39, 0.29) is 5.91 Å². The molecule has 192 valence electrons. The number of carboxylic acid groups (broad SMARTS) is 1. The first kappa shape index (κ1) is 26.2. The van der Waals surface area contributed by atoms with Gasteiger partial charge in [-0.3, -0.25) is 15.0 Å². The highest BCUT2D eigenvalue weighted by atomic mass is 16.4. The zero-order valence-electron chi connectivity index (χ0n) is 21.6. The summed E-state index contributed by atoms with van der Waals surface area (Å²) < 4.78 is 0. The van der Waals surface area contributed by atoms with E-state index in [0.717, 1.165) is 49.2 Å². The molecule has 0 aromatic heterocycles. The Kier molecular flexibility index (Phi) is 8.75. The van der Waals surface area contributed by atoms with E-state index < -0.39 is 6.09 Å². The average Bonchev–Trinajstić information content (AvgIpc) is 2.92. The van der Waals surface area contributed by atoms with Gasteiger partial charge >= 0.3 is 6.09 Å². The molecule has 4 rings (SSSR count). The second-order valence-electron chi connectivity index (χ2n) is 9.27. The van der Waals surface area contributed by atoms with Crippen molar-refractivity contribution >= 4 is 23.3 Å². The van der Waals surface area contributed by atoms with Crippen molar-refractivity contribution in [2.75, 3.05) is 31.5 Å². The number of rotatable bonds is 8. The van der Waals surface area contributed by atoms with Crippen molar-refractivity contribution in [2.45, 2.75) is 33.2 Å². The molecule has 0 atom stereocenters. The van der Waals surface area contributed by atoms with Crippen LogP contribution in [0.4, 0.5) is 10.5 Å². The van der Waals surface area contributed by atoms with Crippen LogP contribution >= 0.6 is 0 Å². The standard InChI is InChI=1S/C31H35N3O3/c1-3-34(4-2)30(35)26-16-14-24(15-17-26)29(27-12-8-9-13-28(27)32-31(36)37)25-18-20-33(21-19-25)22-23-10-6-5-7-11-23/h5-17,32H,3-4,18-22H2,1-2H3,(H,36,37). The number of para-hydroxylation sites is 1. The Bertz CT molecular complexity index is 1240. The number of likely N-dealkylation sites (tertiary alicyclic amines) is 1. The quantitative estimate of drug-likeness (QED) is 0.380. The molecule has 1 saturated heterocycles. The van der Waals surface area contributed by atoms with Crippen LogP contribution in [0.15, 0.2) is 84.4 Å². The van der Waals surface area contributed by atoms with Crippen molar-refractivity contribution in [3.8, 4) is 0 Å². The van der Waals surface area contributed by atoms with Gasteiger partial charge in [0, 0.05) is 43.9 Å². The smallest absolute Gasteiger partial charge is 0.409 e. The van der Waals surface area contributed by atoms with Crippen LogP contribution in [0.1, 0.15) is 53.7 Å². The number of hydrogen-bond acceptors (Lipinski definition) is 3. The topological polar surface area (TPSA) is 72.9 Å². The summed E-state index contributed by atoms with van der Waals surface area (Å²) in [5.74, 6) is 0.0212. The summed E-state index contributed by atoms with van der Waals surface area (Å²) in [5, 5.41) is 12.0. The van der Waals surface area contributed by atoms with E-state index in [9.17, 15) is 14.7 Å². The van der Waals surface area contributed by atoms with Gasteiger partial charge < -0.3 is 10.0 Å². The summed E-state index contributed by atoms with van der Waals surface area (Å²) in [4.78, 5) is 28.7. The van der Waals surface area contributed by atoms with Crippen LogP contribution in [0, 0.1) is 0 Å². The largest absolute Gasteiger partial charge is 0.465 e. The van der Waals surface area contributed by atoms with E-state index in [1.165, 1.54) is 11.1 Å². The van der Waals surface area contributed by atoms with E-state index in [1.807, 2.05) is 67.3 Å². The van der Waals surface area contributed by atoms with Crippen LogP contribution in [0.25, 0.3) is 5.57 Å². The van der Waals surface area contributed by atoms with Crippen molar-refractivity contribution < 1.29 is 14.7 Å². The van der Waals surface area contributed by atoms with Crippen LogP contribution in [-0.4, -0.2) is 53.1 Å². The Labute approximate surface area is 219 Å². The molecule has 1 fully saturated rings. The Hall–Kier alpha value is -3.90. The lowest BCUT2D eigenvalue weighted by Gasteiger charge is -2.30. The fourth-order valence-electron chi connectivity index (χ4n) is 5.02. The third-order valence-electron chi connectivity index (χ3n) is 6.97. The lowest BCUT2D eigenvalue weighted by Crippen LogP contribution is -2.30. The first-order valence-corrected chi connectivity index (χ1v) is 13.0. The highest BCUT2D eigenvalue weighted by molar-refractivity contribution is 5.96. The zero-order valence-corrected chi connectivity index (χ0v) is 21.6. The molecule has 0 radical (unpaired) electrons. The number of nitrogens with zero attached hydrogens (tertiary/aromatic N) is 2. The van der Waals surface area contributed by atoms with Crippen molar-refractivity contribution in [3.63, 3.8) is 0 Å². The molecule has 2 amide bonds. The van der Waals surface area contributed by atoms with Gasteiger partial charge in [0.05, 0.1) is 5.69 Å². The highest BCUT2D eigenvalue weighted by Gasteiger charge is 2.22. The Morgan fingerprint density at radius 1 is 0.838 bits per heavy atom. The average molecular weight is 498 g/mol. The summed E-state index contributed by atoms with van der Waals surface area (Å²) >= 11 is 0. The van der Waals surface area contributed by atoms with Crippen LogP contribution in [0.2, 0.25) is 0 Å². The molecule has 3 aromatic carbocycles. The predicted molar refractivity (Wildman–Crippen MR) is 149 cm³/mol. The fraction of sp³-hybridized carbons (Fsp3) is 0.290. The predicted octanol–water partition coefficient (Wildman–Crippen LogP) is 6.36. The normalized spacial score (nSPS) is 13.7. The molecule has 0 spiro atoms. The molecule has 0 bridgehead atoms.